The maximum atomic E-state index is 13.3. The fourth-order valence-corrected chi connectivity index (χ4v) is 2.40. The lowest BCUT2D eigenvalue weighted by atomic mass is 9.93. The van der Waals surface area contributed by atoms with Crippen molar-refractivity contribution in [2.75, 3.05) is 12.3 Å². The molecule has 1 amide bonds. The summed E-state index contributed by atoms with van der Waals surface area (Å²) in [5.74, 6) is -0.596. The first-order valence-corrected chi connectivity index (χ1v) is 7.69. The lowest BCUT2D eigenvalue weighted by Crippen LogP contribution is -2.51. The molecule has 0 saturated heterocycles. The second-order valence-electron chi connectivity index (χ2n) is 5.70. The monoisotopic (exact) mass is 352 g/mol. The lowest BCUT2D eigenvalue weighted by Gasteiger charge is -2.31. The molecule has 1 atom stereocenters. The van der Waals surface area contributed by atoms with Crippen molar-refractivity contribution in [1.29, 1.82) is 0 Å². The number of halogens is 3. The summed E-state index contributed by atoms with van der Waals surface area (Å²) in [7, 11) is 0. The molecule has 0 aliphatic heterocycles. The predicted molar refractivity (Wildman–Crippen MR) is 88.6 cm³/mol. The van der Waals surface area contributed by atoms with Gasteiger partial charge in [-0.1, -0.05) is 48.5 Å². The molecule has 7 heteroatoms. The SMILES string of the molecule is Nc1ccccc1CCC(=O)NCC(O)(c1ccccc1)C(F)(F)F. The van der Waals surface area contributed by atoms with Crippen molar-refractivity contribution >= 4 is 11.6 Å². The van der Waals surface area contributed by atoms with E-state index in [1.54, 1.807) is 30.3 Å². The number of nitrogens with two attached hydrogens (primary N) is 1. The van der Waals surface area contributed by atoms with Crippen LogP contribution >= 0.6 is 0 Å². The largest absolute Gasteiger partial charge is 0.423 e. The van der Waals surface area contributed by atoms with Crippen LogP contribution in [0, 0.1) is 0 Å². The number of benzene rings is 2. The number of hydrogen-bond donors (Lipinski definition) is 3. The Morgan fingerprint density at radius 3 is 2.24 bits per heavy atom. The van der Waals surface area contributed by atoms with Crippen LogP contribution in [-0.4, -0.2) is 23.7 Å². The molecule has 4 N–H and O–H groups in total. The van der Waals surface area contributed by atoms with Crippen molar-refractivity contribution in [3.63, 3.8) is 0 Å². The fourth-order valence-electron chi connectivity index (χ4n) is 2.40. The van der Waals surface area contributed by atoms with Crippen molar-refractivity contribution in [2.45, 2.75) is 24.6 Å². The zero-order valence-electron chi connectivity index (χ0n) is 13.4. The van der Waals surface area contributed by atoms with Crippen LogP contribution in [0.3, 0.4) is 0 Å². The molecule has 2 rings (SSSR count). The Bertz CT molecular complexity index is 720. The maximum Gasteiger partial charge on any atom is 0.423 e. The van der Waals surface area contributed by atoms with Gasteiger partial charge >= 0.3 is 6.18 Å². The van der Waals surface area contributed by atoms with Gasteiger partial charge in [0.25, 0.3) is 0 Å². The Kier molecular flexibility index (Phi) is 5.69. The summed E-state index contributed by atoms with van der Waals surface area (Å²) in [5, 5.41) is 12.3. The third kappa shape index (κ3) is 4.51. The number of amides is 1. The van der Waals surface area contributed by atoms with E-state index < -0.39 is 24.2 Å². The third-order valence-corrected chi connectivity index (χ3v) is 3.94. The van der Waals surface area contributed by atoms with E-state index in [1.165, 1.54) is 24.3 Å². The van der Waals surface area contributed by atoms with E-state index in [0.717, 1.165) is 5.56 Å². The zero-order valence-corrected chi connectivity index (χ0v) is 13.4. The summed E-state index contributed by atoms with van der Waals surface area (Å²) in [5.41, 5.74) is 3.56. The van der Waals surface area contributed by atoms with Gasteiger partial charge in [-0.25, -0.2) is 0 Å². The molecule has 2 aromatic carbocycles. The van der Waals surface area contributed by atoms with E-state index in [0.29, 0.717) is 12.1 Å². The molecule has 1 unspecified atom stereocenters. The molecule has 2 aromatic rings. The van der Waals surface area contributed by atoms with Crippen LogP contribution in [0.2, 0.25) is 0 Å². The van der Waals surface area contributed by atoms with Gasteiger partial charge in [0.2, 0.25) is 11.5 Å². The molecular formula is C18H19F3N2O2. The Morgan fingerprint density at radius 2 is 1.64 bits per heavy atom. The van der Waals surface area contributed by atoms with Gasteiger partial charge in [0, 0.05) is 12.1 Å². The lowest BCUT2D eigenvalue weighted by molar-refractivity contribution is -0.264. The molecule has 0 radical (unpaired) electrons. The molecule has 0 aromatic heterocycles. The van der Waals surface area contributed by atoms with Crippen molar-refractivity contribution < 1.29 is 23.1 Å². The Morgan fingerprint density at radius 1 is 1.04 bits per heavy atom. The minimum atomic E-state index is -4.93. The highest BCUT2D eigenvalue weighted by Gasteiger charge is 2.55. The van der Waals surface area contributed by atoms with Gasteiger partial charge in [0.05, 0.1) is 6.54 Å². The molecule has 0 bridgehead atoms. The van der Waals surface area contributed by atoms with Crippen LogP contribution in [-0.2, 0) is 16.8 Å². The number of aliphatic hydroxyl groups is 1. The molecule has 0 spiro atoms. The maximum absolute atomic E-state index is 13.3. The van der Waals surface area contributed by atoms with Crippen molar-refractivity contribution in [1.82, 2.24) is 5.32 Å². The van der Waals surface area contributed by atoms with Gasteiger partial charge in [-0.3, -0.25) is 4.79 Å². The normalized spacial score (nSPS) is 13.9. The Hall–Kier alpha value is -2.54. The first-order valence-electron chi connectivity index (χ1n) is 7.69. The second kappa shape index (κ2) is 7.57. The number of rotatable bonds is 6. The molecule has 0 heterocycles. The van der Waals surface area contributed by atoms with Gasteiger partial charge in [-0.15, -0.1) is 0 Å². The number of hydrogen-bond acceptors (Lipinski definition) is 3. The van der Waals surface area contributed by atoms with Crippen LogP contribution in [0.15, 0.2) is 54.6 Å². The topological polar surface area (TPSA) is 75.4 Å². The number of anilines is 1. The molecule has 0 saturated carbocycles. The number of aryl methyl sites for hydroxylation is 1. The van der Waals surface area contributed by atoms with Crippen molar-refractivity contribution in [3.8, 4) is 0 Å². The number of nitrogen functional groups attached to an aromatic ring is 1. The first kappa shape index (κ1) is 18.8. The minimum absolute atomic E-state index is 0.0308. The number of carbonyl (C=O) groups excluding carboxylic acids is 1. The van der Waals surface area contributed by atoms with Gasteiger partial charge in [-0.2, -0.15) is 13.2 Å². The standard InChI is InChI=1S/C18H19F3N2O2/c19-18(20,21)17(25,14-7-2-1-3-8-14)12-23-16(24)11-10-13-6-4-5-9-15(13)22/h1-9,25H,10-12,22H2,(H,23,24). The van der Waals surface area contributed by atoms with E-state index in [1.807, 2.05) is 0 Å². The highest BCUT2D eigenvalue weighted by Crippen LogP contribution is 2.38. The van der Waals surface area contributed by atoms with E-state index in [4.69, 9.17) is 5.73 Å². The van der Waals surface area contributed by atoms with E-state index >= 15 is 0 Å². The third-order valence-electron chi connectivity index (χ3n) is 3.94. The summed E-state index contributed by atoms with van der Waals surface area (Å²) in [4.78, 5) is 11.9. The van der Waals surface area contributed by atoms with Crippen LogP contribution in [0.4, 0.5) is 18.9 Å². The number of nitrogens with one attached hydrogen (secondary N) is 1. The second-order valence-corrected chi connectivity index (χ2v) is 5.70. The zero-order chi connectivity index (χ0) is 18.5. The molecule has 134 valence electrons. The van der Waals surface area contributed by atoms with Crippen LogP contribution in [0.1, 0.15) is 17.5 Å². The first-order chi connectivity index (χ1) is 11.7. The summed E-state index contributed by atoms with van der Waals surface area (Å²) in [6, 6.07) is 13.6. The van der Waals surface area contributed by atoms with E-state index in [-0.39, 0.29) is 12.0 Å². The summed E-state index contributed by atoms with van der Waals surface area (Å²) < 4.78 is 40.0. The fraction of sp³-hybridized carbons (Fsp3) is 0.278. The van der Waals surface area contributed by atoms with Gasteiger partial charge in [-0.05, 0) is 23.6 Å². The number of carbonyl (C=O) groups is 1. The average molecular weight is 352 g/mol. The van der Waals surface area contributed by atoms with E-state index in [9.17, 15) is 23.1 Å². The molecule has 0 aliphatic rings. The summed E-state index contributed by atoms with van der Waals surface area (Å²) in [6.45, 7) is -0.955. The smallest absolute Gasteiger partial charge is 0.399 e. The number of alkyl halides is 3. The van der Waals surface area contributed by atoms with Gasteiger partial charge in [0.15, 0.2) is 0 Å². The van der Waals surface area contributed by atoms with Crippen molar-refractivity contribution in [2.24, 2.45) is 0 Å². The predicted octanol–water partition coefficient (Wildman–Crippen LogP) is 2.77. The summed E-state index contributed by atoms with van der Waals surface area (Å²) in [6.07, 6.45) is -4.66. The molecule has 0 fully saturated rings. The molecule has 25 heavy (non-hydrogen) atoms. The Balaban J connectivity index is 2.01. The average Bonchev–Trinajstić information content (AvgIpc) is 2.58. The van der Waals surface area contributed by atoms with Gasteiger partial charge < -0.3 is 16.2 Å². The molecule has 0 aliphatic carbocycles. The quantitative estimate of drug-likeness (QED) is 0.700. The highest BCUT2D eigenvalue weighted by atomic mass is 19.4. The Labute approximate surface area is 143 Å². The minimum Gasteiger partial charge on any atom is -0.399 e. The van der Waals surface area contributed by atoms with E-state index in [2.05, 4.69) is 5.32 Å². The van der Waals surface area contributed by atoms with Gasteiger partial charge in [0.1, 0.15) is 0 Å². The van der Waals surface area contributed by atoms with Crippen LogP contribution in [0.5, 0.6) is 0 Å². The highest BCUT2D eigenvalue weighted by molar-refractivity contribution is 5.76. The van der Waals surface area contributed by atoms with Crippen molar-refractivity contribution in [3.05, 3.63) is 65.7 Å². The van der Waals surface area contributed by atoms with Crippen LogP contribution < -0.4 is 11.1 Å². The number of para-hydroxylation sites is 1. The van der Waals surface area contributed by atoms with Crippen LogP contribution in [0.25, 0.3) is 0 Å². The molecule has 4 nitrogen and oxygen atoms in total. The summed E-state index contributed by atoms with van der Waals surface area (Å²) >= 11 is 0. The molecular weight excluding hydrogens is 333 g/mol.